The molecule has 4 nitrogen and oxygen atoms in total. The minimum atomic E-state index is -0.474. The molecule has 1 N–H and O–H groups in total. The summed E-state index contributed by atoms with van der Waals surface area (Å²) in [7, 11) is 0. The van der Waals surface area contributed by atoms with E-state index in [9.17, 15) is 4.79 Å². The monoisotopic (exact) mass is 329 g/mol. The summed E-state index contributed by atoms with van der Waals surface area (Å²) in [6.45, 7) is 1.10. The van der Waals surface area contributed by atoms with Gasteiger partial charge in [-0.05, 0) is 48.7 Å². The Morgan fingerprint density at radius 1 is 1.04 bits per heavy atom. The van der Waals surface area contributed by atoms with Crippen molar-refractivity contribution in [1.29, 1.82) is 0 Å². The molecule has 23 heavy (non-hydrogen) atoms. The van der Waals surface area contributed by atoms with Crippen molar-refractivity contribution < 1.29 is 14.3 Å². The molecule has 0 spiro atoms. The molecule has 1 amide bonds. The topological polar surface area (TPSA) is 47.6 Å². The van der Waals surface area contributed by atoms with Crippen molar-refractivity contribution in [1.82, 2.24) is 0 Å². The van der Waals surface area contributed by atoms with Crippen LogP contribution in [0.1, 0.15) is 18.4 Å². The second-order valence-corrected chi connectivity index (χ2v) is 6.34. The van der Waals surface area contributed by atoms with Crippen molar-refractivity contribution in [3.8, 4) is 11.5 Å². The van der Waals surface area contributed by atoms with Gasteiger partial charge in [-0.1, -0.05) is 23.7 Å². The van der Waals surface area contributed by atoms with E-state index in [1.165, 1.54) is 0 Å². The molecule has 1 aliphatic carbocycles. The molecule has 2 aromatic rings. The number of hydrogen-bond donors (Lipinski definition) is 1. The lowest BCUT2D eigenvalue weighted by atomic mass is 9.94. The molecule has 5 heteroatoms. The van der Waals surface area contributed by atoms with Crippen LogP contribution in [0.5, 0.6) is 11.5 Å². The molecular formula is C18H16ClNO3. The van der Waals surface area contributed by atoms with Gasteiger partial charge in [0, 0.05) is 10.7 Å². The number of amides is 1. The number of anilines is 1. The minimum absolute atomic E-state index is 0.00329. The number of fused-ring (bicyclic) bond motifs is 1. The second-order valence-electron chi connectivity index (χ2n) is 5.91. The molecule has 1 fully saturated rings. The highest BCUT2D eigenvalue weighted by Crippen LogP contribution is 2.50. The van der Waals surface area contributed by atoms with Gasteiger partial charge in [-0.2, -0.15) is 0 Å². The molecule has 0 bridgehead atoms. The molecular weight excluding hydrogens is 314 g/mol. The highest BCUT2D eigenvalue weighted by atomic mass is 35.5. The van der Waals surface area contributed by atoms with E-state index in [1.807, 2.05) is 30.3 Å². The van der Waals surface area contributed by atoms with Crippen molar-refractivity contribution in [3.05, 3.63) is 53.1 Å². The Bertz CT molecular complexity index is 771. The van der Waals surface area contributed by atoms with Gasteiger partial charge in [-0.3, -0.25) is 4.79 Å². The first-order valence-corrected chi connectivity index (χ1v) is 8.02. The van der Waals surface area contributed by atoms with Gasteiger partial charge in [-0.25, -0.2) is 0 Å². The molecule has 2 aliphatic rings. The lowest BCUT2D eigenvalue weighted by Crippen LogP contribution is -2.28. The first-order chi connectivity index (χ1) is 11.2. The van der Waals surface area contributed by atoms with Crippen LogP contribution in [0.3, 0.4) is 0 Å². The van der Waals surface area contributed by atoms with Gasteiger partial charge < -0.3 is 14.8 Å². The van der Waals surface area contributed by atoms with Crippen molar-refractivity contribution in [2.45, 2.75) is 18.3 Å². The summed E-state index contributed by atoms with van der Waals surface area (Å²) < 4.78 is 11.2. The summed E-state index contributed by atoms with van der Waals surface area (Å²) in [5, 5.41) is 3.57. The van der Waals surface area contributed by atoms with E-state index in [0.717, 1.165) is 29.9 Å². The number of ether oxygens (including phenoxy) is 2. The van der Waals surface area contributed by atoms with Gasteiger partial charge in [-0.15, -0.1) is 0 Å². The second kappa shape index (κ2) is 5.46. The Kier molecular flexibility index (Phi) is 3.42. The fourth-order valence-corrected chi connectivity index (χ4v) is 3.12. The smallest absolute Gasteiger partial charge is 0.235 e. The first-order valence-electron chi connectivity index (χ1n) is 7.65. The SMILES string of the molecule is O=C(Nc1cccc(Cl)c1)C1(c2ccc3c(c2)OCCO3)CC1. The van der Waals surface area contributed by atoms with E-state index in [4.69, 9.17) is 21.1 Å². The van der Waals surface area contributed by atoms with E-state index in [1.54, 1.807) is 12.1 Å². The number of nitrogens with one attached hydrogen (secondary N) is 1. The molecule has 0 unspecified atom stereocenters. The Morgan fingerprint density at radius 3 is 2.57 bits per heavy atom. The van der Waals surface area contributed by atoms with Crippen molar-refractivity contribution in [3.63, 3.8) is 0 Å². The van der Waals surface area contributed by atoms with Crippen LogP contribution in [-0.4, -0.2) is 19.1 Å². The molecule has 1 aliphatic heterocycles. The third kappa shape index (κ3) is 2.63. The molecule has 4 rings (SSSR count). The van der Waals surface area contributed by atoms with Crippen LogP contribution in [0.2, 0.25) is 5.02 Å². The van der Waals surface area contributed by atoms with Crippen LogP contribution in [0, 0.1) is 0 Å². The molecule has 2 aromatic carbocycles. The molecule has 118 valence electrons. The molecule has 0 saturated heterocycles. The van der Waals surface area contributed by atoms with Gasteiger partial charge in [0.15, 0.2) is 11.5 Å². The van der Waals surface area contributed by atoms with Crippen LogP contribution in [0.15, 0.2) is 42.5 Å². The zero-order chi connectivity index (χ0) is 15.9. The number of hydrogen-bond acceptors (Lipinski definition) is 3. The maximum Gasteiger partial charge on any atom is 0.235 e. The predicted octanol–water partition coefficient (Wildman–Crippen LogP) is 3.78. The van der Waals surface area contributed by atoms with Crippen LogP contribution in [0.4, 0.5) is 5.69 Å². The van der Waals surface area contributed by atoms with Crippen LogP contribution in [-0.2, 0) is 10.2 Å². The highest BCUT2D eigenvalue weighted by molar-refractivity contribution is 6.30. The van der Waals surface area contributed by atoms with E-state index < -0.39 is 5.41 Å². The largest absolute Gasteiger partial charge is 0.486 e. The normalized spacial score (nSPS) is 17.4. The summed E-state index contributed by atoms with van der Waals surface area (Å²) >= 11 is 5.97. The van der Waals surface area contributed by atoms with E-state index in [-0.39, 0.29) is 5.91 Å². The summed E-state index contributed by atoms with van der Waals surface area (Å²) in [5.74, 6) is 1.46. The predicted molar refractivity (Wildman–Crippen MR) is 88.4 cm³/mol. The highest BCUT2D eigenvalue weighted by Gasteiger charge is 2.51. The third-order valence-electron chi connectivity index (χ3n) is 4.36. The zero-order valence-corrected chi connectivity index (χ0v) is 13.2. The molecule has 1 saturated carbocycles. The number of halogens is 1. The van der Waals surface area contributed by atoms with E-state index in [0.29, 0.717) is 23.9 Å². The molecule has 0 radical (unpaired) electrons. The lowest BCUT2D eigenvalue weighted by molar-refractivity contribution is -0.118. The number of benzene rings is 2. The third-order valence-corrected chi connectivity index (χ3v) is 4.60. The molecule has 0 aromatic heterocycles. The van der Waals surface area contributed by atoms with Crippen LogP contribution < -0.4 is 14.8 Å². The maximum absolute atomic E-state index is 12.8. The minimum Gasteiger partial charge on any atom is -0.486 e. The van der Waals surface area contributed by atoms with Gasteiger partial charge in [0.1, 0.15) is 13.2 Å². The number of carbonyl (C=O) groups excluding carboxylic acids is 1. The van der Waals surface area contributed by atoms with E-state index in [2.05, 4.69) is 5.32 Å². The Labute approximate surface area is 139 Å². The van der Waals surface area contributed by atoms with Gasteiger partial charge in [0.2, 0.25) is 5.91 Å². The lowest BCUT2D eigenvalue weighted by Gasteiger charge is -2.21. The van der Waals surface area contributed by atoms with Gasteiger partial charge in [0.05, 0.1) is 5.41 Å². The molecule has 0 atom stereocenters. The maximum atomic E-state index is 12.8. The average molecular weight is 330 g/mol. The van der Waals surface area contributed by atoms with Gasteiger partial charge in [0.25, 0.3) is 0 Å². The summed E-state index contributed by atoms with van der Waals surface area (Å²) in [6, 6.07) is 13.0. The van der Waals surface area contributed by atoms with Crippen molar-refractivity contribution in [2.75, 3.05) is 18.5 Å². The number of rotatable bonds is 3. The fourth-order valence-electron chi connectivity index (χ4n) is 2.93. The van der Waals surface area contributed by atoms with Gasteiger partial charge >= 0.3 is 0 Å². The van der Waals surface area contributed by atoms with Crippen LogP contribution in [0.25, 0.3) is 0 Å². The Balaban J connectivity index is 1.59. The Morgan fingerprint density at radius 2 is 1.83 bits per heavy atom. The zero-order valence-electron chi connectivity index (χ0n) is 12.5. The van der Waals surface area contributed by atoms with Crippen molar-refractivity contribution >= 4 is 23.2 Å². The quantitative estimate of drug-likeness (QED) is 0.932. The number of carbonyl (C=O) groups is 1. The average Bonchev–Trinajstić information content (AvgIpc) is 3.36. The summed E-state index contributed by atoms with van der Waals surface area (Å²) in [6.07, 6.45) is 1.66. The van der Waals surface area contributed by atoms with Crippen LogP contribution >= 0.6 is 11.6 Å². The Hall–Kier alpha value is -2.20. The van der Waals surface area contributed by atoms with Crippen molar-refractivity contribution in [2.24, 2.45) is 0 Å². The summed E-state index contributed by atoms with van der Waals surface area (Å²) in [5.41, 5.74) is 1.21. The first kappa shape index (κ1) is 14.4. The fraction of sp³-hybridized carbons (Fsp3) is 0.278. The summed E-state index contributed by atoms with van der Waals surface area (Å²) in [4.78, 5) is 12.8. The molecule has 1 heterocycles. The van der Waals surface area contributed by atoms with E-state index >= 15 is 0 Å². The standard InChI is InChI=1S/C18H16ClNO3/c19-13-2-1-3-14(11-13)20-17(21)18(6-7-18)12-4-5-15-16(10-12)23-9-8-22-15/h1-5,10-11H,6-9H2,(H,20,21).